The number of allylic oxidation sites excluding steroid dienone is 2. The summed E-state index contributed by atoms with van der Waals surface area (Å²) in [7, 11) is 1.58. The van der Waals surface area contributed by atoms with Gasteiger partial charge < -0.3 is 9.47 Å². The fourth-order valence-electron chi connectivity index (χ4n) is 3.56. The molecule has 0 amide bonds. The van der Waals surface area contributed by atoms with Crippen LogP contribution in [-0.2, 0) is 9.53 Å². The van der Waals surface area contributed by atoms with Crippen molar-refractivity contribution in [2.75, 3.05) is 7.11 Å². The molecule has 2 atom stereocenters. The number of ketones is 1. The lowest BCUT2D eigenvalue weighted by Crippen LogP contribution is -2.38. The summed E-state index contributed by atoms with van der Waals surface area (Å²) in [5.41, 5.74) is 1.15. The summed E-state index contributed by atoms with van der Waals surface area (Å²) >= 11 is 0. The first-order valence-electron chi connectivity index (χ1n) is 7.92. The molecule has 5 heteroatoms. The number of nitrogens with one attached hydrogen (secondary N) is 1. The van der Waals surface area contributed by atoms with Gasteiger partial charge >= 0.3 is 0 Å². The number of Topliss-reactive ketones (excluding diaryl/α,β-unsaturated/α-hetero) is 1. The fraction of sp³-hybridized carbons (Fsp3) is 0.421. The number of carbonyl (C=O) groups is 1. The molecule has 1 aliphatic heterocycles. The maximum Gasteiger partial charge on any atom is 0.205 e. The van der Waals surface area contributed by atoms with Crippen molar-refractivity contribution in [3.05, 3.63) is 41.2 Å². The molecule has 24 heavy (non-hydrogen) atoms. The van der Waals surface area contributed by atoms with Gasteiger partial charge in [-0.05, 0) is 23.1 Å². The molecule has 3 rings (SSSR count). The normalized spacial score (nSPS) is 25.6. The first-order valence-corrected chi connectivity index (χ1v) is 7.92. The van der Waals surface area contributed by atoms with Crippen LogP contribution in [0, 0.1) is 28.1 Å². The van der Waals surface area contributed by atoms with E-state index in [0.717, 1.165) is 5.56 Å². The highest BCUT2D eigenvalue weighted by molar-refractivity contribution is 6.01. The van der Waals surface area contributed by atoms with Gasteiger partial charge in [0.25, 0.3) is 0 Å². The summed E-state index contributed by atoms with van der Waals surface area (Å²) in [6.45, 7) is 4.02. The average molecular weight is 324 g/mol. The van der Waals surface area contributed by atoms with E-state index in [1.54, 1.807) is 7.11 Å². The third-order valence-electron chi connectivity index (χ3n) is 4.63. The highest BCUT2D eigenvalue weighted by Crippen LogP contribution is 2.48. The van der Waals surface area contributed by atoms with Crippen molar-refractivity contribution < 1.29 is 14.3 Å². The SMILES string of the molecule is COc1cccc(C2C3=C(CC(C)(C)CC3=O)OC(=N)C2C#N)c1. The van der Waals surface area contributed by atoms with E-state index in [4.69, 9.17) is 14.9 Å². The zero-order valence-corrected chi connectivity index (χ0v) is 14.1. The quantitative estimate of drug-likeness (QED) is 0.901. The molecule has 1 aromatic rings. The predicted molar refractivity (Wildman–Crippen MR) is 88.7 cm³/mol. The number of rotatable bonds is 2. The number of nitrogens with zero attached hydrogens (tertiary/aromatic N) is 1. The van der Waals surface area contributed by atoms with Crippen molar-refractivity contribution in [2.24, 2.45) is 11.3 Å². The Balaban J connectivity index is 2.17. The van der Waals surface area contributed by atoms with Crippen molar-refractivity contribution in [2.45, 2.75) is 32.6 Å². The molecule has 0 saturated heterocycles. The molecule has 0 saturated carbocycles. The molecule has 0 spiro atoms. The van der Waals surface area contributed by atoms with Crippen LogP contribution in [0.1, 0.15) is 38.2 Å². The van der Waals surface area contributed by atoms with Gasteiger partial charge in [-0.15, -0.1) is 0 Å². The van der Waals surface area contributed by atoms with E-state index in [9.17, 15) is 10.1 Å². The largest absolute Gasteiger partial charge is 0.497 e. The highest BCUT2D eigenvalue weighted by atomic mass is 16.5. The Morgan fingerprint density at radius 3 is 2.79 bits per heavy atom. The van der Waals surface area contributed by atoms with Gasteiger partial charge in [0.2, 0.25) is 5.90 Å². The summed E-state index contributed by atoms with van der Waals surface area (Å²) in [6.07, 6.45) is 1.01. The van der Waals surface area contributed by atoms with Gasteiger partial charge in [0.15, 0.2) is 5.78 Å². The highest BCUT2D eigenvalue weighted by Gasteiger charge is 2.46. The molecule has 1 N–H and O–H groups in total. The van der Waals surface area contributed by atoms with Crippen molar-refractivity contribution in [3.8, 4) is 11.8 Å². The van der Waals surface area contributed by atoms with Gasteiger partial charge in [0.05, 0.1) is 13.2 Å². The van der Waals surface area contributed by atoms with Crippen LogP contribution < -0.4 is 4.74 Å². The Morgan fingerprint density at radius 1 is 1.38 bits per heavy atom. The van der Waals surface area contributed by atoms with Crippen molar-refractivity contribution in [1.82, 2.24) is 0 Å². The van der Waals surface area contributed by atoms with Gasteiger partial charge in [-0.2, -0.15) is 5.26 Å². The van der Waals surface area contributed by atoms with Crippen LogP contribution in [0.3, 0.4) is 0 Å². The van der Waals surface area contributed by atoms with E-state index in [1.807, 2.05) is 38.1 Å². The summed E-state index contributed by atoms with van der Waals surface area (Å²) in [5.74, 6) is -0.170. The molecule has 0 radical (unpaired) electrons. The molecule has 5 nitrogen and oxygen atoms in total. The van der Waals surface area contributed by atoms with E-state index in [1.165, 1.54) is 0 Å². The number of hydrogen-bond donors (Lipinski definition) is 1. The van der Waals surface area contributed by atoms with Crippen molar-refractivity contribution in [1.29, 1.82) is 10.7 Å². The van der Waals surface area contributed by atoms with E-state index >= 15 is 0 Å². The Bertz CT molecular complexity index is 786. The topological polar surface area (TPSA) is 83.2 Å². The van der Waals surface area contributed by atoms with Crippen LogP contribution in [-0.4, -0.2) is 18.8 Å². The molecule has 2 unspecified atom stereocenters. The maximum atomic E-state index is 12.8. The Kier molecular flexibility index (Phi) is 3.92. The van der Waals surface area contributed by atoms with Crippen LogP contribution in [0.25, 0.3) is 0 Å². The zero-order chi connectivity index (χ0) is 17.5. The smallest absolute Gasteiger partial charge is 0.205 e. The second-order valence-electron chi connectivity index (χ2n) is 7.11. The Labute approximate surface area is 141 Å². The number of nitriles is 1. The summed E-state index contributed by atoms with van der Waals surface area (Å²) in [4.78, 5) is 12.8. The molecule has 124 valence electrons. The molecule has 1 aliphatic carbocycles. The van der Waals surface area contributed by atoms with Crippen LogP contribution in [0.4, 0.5) is 0 Å². The minimum atomic E-state index is -0.805. The van der Waals surface area contributed by atoms with Gasteiger partial charge in [0, 0.05) is 24.3 Å². The number of methoxy groups -OCH3 is 1. The third-order valence-corrected chi connectivity index (χ3v) is 4.63. The number of benzene rings is 1. The second-order valence-corrected chi connectivity index (χ2v) is 7.11. The maximum absolute atomic E-state index is 12.8. The summed E-state index contributed by atoms with van der Waals surface area (Å²) < 4.78 is 10.9. The standard InChI is InChI=1S/C19H20N2O3/c1-19(2)8-14(22)17-15(9-19)24-18(21)13(10-20)16(17)11-5-4-6-12(7-11)23-3/h4-7,13,16,21H,8-9H2,1-3H3. The summed E-state index contributed by atoms with van der Waals surface area (Å²) in [6, 6.07) is 9.48. The molecule has 2 aliphatic rings. The average Bonchev–Trinajstić information content (AvgIpc) is 2.52. The van der Waals surface area contributed by atoms with E-state index < -0.39 is 11.8 Å². The molecule has 0 fully saturated rings. The molecule has 0 bridgehead atoms. The van der Waals surface area contributed by atoms with Crippen molar-refractivity contribution >= 4 is 11.7 Å². The number of carbonyl (C=O) groups excluding carboxylic acids is 1. The lowest BCUT2D eigenvalue weighted by Gasteiger charge is -2.39. The Morgan fingerprint density at radius 2 is 2.12 bits per heavy atom. The summed E-state index contributed by atoms with van der Waals surface area (Å²) in [5, 5.41) is 17.7. The molecular formula is C19H20N2O3. The van der Waals surface area contributed by atoms with Crippen LogP contribution in [0.2, 0.25) is 0 Å². The lowest BCUT2D eigenvalue weighted by molar-refractivity contribution is -0.119. The zero-order valence-electron chi connectivity index (χ0n) is 14.1. The predicted octanol–water partition coefficient (Wildman–Crippen LogP) is 3.57. The van der Waals surface area contributed by atoms with E-state index in [0.29, 0.717) is 29.9 Å². The van der Waals surface area contributed by atoms with Crippen LogP contribution in [0.15, 0.2) is 35.6 Å². The van der Waals surface area contributed by atoms with Gasteiger partial charge in [0.1, 0.15) is 17.4 Å². The molecule has 1 heterocycles. The molecular weight excluding hydrogens is 304 g/mol. The minimum Gasteiger partial charge on any atom is -0.497 e. The first kappa shape index (κ1) is 16.3. The van der Waals surface area contributed by atoms with Gasteiger partial charge in [-0.1, -0.05) is 26.0 Å². The van der Waals surface area contributed by atoms with Gasteiger partial charge in [-0.3, -0.25) is 10.2 Å². The number of hydrogen-bond acceptors (Lipinski definition) is 5. The van der Waals surface area contributed by atoms with Crippen molar-refractivity contribution in [3.63, 3.8) is 0 Å². The van der Waals surface area contributed by atoms with E-state index in [-0.39, 0.29) is 17.1 Å². The third kappa shape index (κ3) is 2.69. The first-order chi connectivity index (χ1) is 11.4. The lowest BCUT2D eigenvalue weighted by atomic mass is 9.68. The minimum absolute atomic E-state index is 0.00169. The van der Waals surface area contributed by atoms with Crippen LogP contribution in [0.5, 0.6) is 5.75 Å². The Hall–Kier alpha value is -2.61. The van der Waals surface area contributed by atoms with E-state index in [2.05, 4.69) is 6.07 Å². The monoisotopic (exact) mass is 324 g/mol. The number of ether oxygens (including phenoxy) is 2. The van der Waals surface area contributed by atoms with Gasteiger partial charge in [-0.25, -0.2) is 0 Å². The molecule has 1 aromatic carbocycles. The molecule has 0 aromatic heterocycles. The van der Waals surface area contributed by atoms with Crippen LogP contribution >= 0.6 is 0 Å². The fourth-order valence-corrected chi connectivity index (χ4v) is 3.56. The second kappa shape index (κ2) is 5.79.